The van der Waals surface area contributed by atoms with Crippen LogP contribution in [0.4, 0.5) is 4.79 Å². The Bertz CT molecular complexity index is 360. The van der Waals surface area contributed by atoms with Crippen LogP contribution in [0.1, 0.15) is 19.3 Å². The van der Waals surface area contributed by atoms with Gasteiger partial charge in [0.1, 0.15) is 12.1 Å². The lowest BCUT2D eigenvalue weighted by Crippen LogP contribution is -2.54. The number of carbonyl (C=O) groups excluding carboxylic acids is 2. The summed E-state index contributed by atoms with van der Waals surface area (Å²) in [4.78, 5) is 35.6. The third-order valence-electron chi connectivity index (χ3n) is 3.04. The number of nitrogens with one attached hydrogen (secondary N) is 1. The van der Waals surface area contributed by atoms with Crippen LogP contribution in [-0.4, -0.2) is 51.5 Å². The average Bonchev–Trinajstić information content (AvgIpc) is 2.75. The molecule has 2 N–H and O–H groups in total. The van der Waals surface area contributed by atoms with Crippen LogP contribution in [-0.2, 0) is 9.59 Å². The standard InChI is InChI=1S/C10H14N2O4S/c13-8(6-5-17-10(16)11-6)12-4-2-1-3-7(12)9(14)15/h6-7H,1-5H2,(H,11,16)(H,14,15). The Labute approximate surface area is 103 Å². The summed E-state index contributed by atoms with van der Waals surface area (Å²) in [6.07, 6.45) is 2.14. The molecule has 0 aliphatic carbocycles. The Morgan fingerprint density at radius 1 is 1.41 bits per heavy atom. The van der Waals surface area contributed by atoms with Crippen molar-refractivity contribution < 1.29 is 19.5 Å². The van der Waals surface area contributed by atoms with Crippen LogP contribution in [0.15, 0.2) is 0 Å². The molecule has 2 fully saturated rings. The number of nitrogens with zero attached hydrogens (tertiary/aromatic N) is 1. The van der Waals surface area contributed by atoms with Gasteiger partial charge in [0.25, 0.3) is 5.24 Å². The van der Waals surface area contributed by atoms with Gasteiger partial charge in [0.15, 0.2) is 0 Å². The van der Waals surface area contributed by atoms with E-state index < -0.39 is 18.1 Å². The zero-order valence-electron chi connectivity index (χ0n) is 9.22. The largest absolute Gasteiger partial charge is 0.480 e. The molecule has 0 aromatic rings. The fourth-order valence-electron chi connectivity index (χ4n) is 2.17. The van der Waals surface area contributed by atoms with Crippen molar-refractivity contribution in [2.45, 2.75) is 31.3 Å². The van der Waals surface area contributed by atoms with E-state index in [-0.39, 0.29) is 11.1 Å². The fourth-order valence-corrected chi connectivity index (χ4v) is 2.94. The number of piperidine rings is 1. The Morgan fingerprint density at radius 3 is 2.76 bits per heavy atom. The van der Waals surface area contributed by atoms with Crippen LogP contribution in [0, 0.1) is 0 Å². The predicted octanol–water partition coefficient (Wildman–Crippen LogP) is 0.277. The number of hydrogen-bond acceptors (Lipinski definition) is 4. The van der Waals surface area contributed by atoms with E-state index in [0.717, 1.165) is 24.6 Å². The van der Waals surface area contributed by atoms with Crippen molar-refractivity contribution in [1.82, 2.24) is 10.2 Å². The van der Waals surface area contributed by atoms with Gasteiger partial charge in [-0.3, -0.25) is 9.59 Å². The van der Waals surface area contributed by atoms with Gasteiger partial charge in [-0.15, -0.1) is 0 Å². The first-order valence-corrected chi connectivity index (χ1v) is 6.54. The molecule has 2 saturated heterocycles. The minimum atomic E-state index is -0.963. The first-order valence-electron chi connectivity index (χ1n) is 5.56. The molecule has 0 saturated carbocycles. The molecule has 2 unspecified atom stereocenters. The summed E-state index contributed by atoms with van der Waals surface area (Å²) < 4.78 is 0. The molecule has 2 heterocycles. The van der Waals surface area contributed by atoms with Crippen molar-refractivity contribution in [1.29, 1.82) is 0 Å². The highest BCUT2D eigenvalue weighted by Crippen LogP contribution is 2.21. The smallest absolute Gasteiger partial charge is 0.326 e. The van der Waals surface area contributed by atoms with Crippen molar-refractivity contribution >= 4 is 28.9 Å². The topological polar surface area (TPSA) is 86.7 Å². The number of hydrogen-bond donors (Lipinski definition) is 2. The van der Waals surface area contributed by atoms with Crippen molar-refractivity contribution in [2.75, 3.05) is 12.3 Å². The van der Waals surface area contributed by atoms with Gasteiger partial charge in [-0.2, -0.15) is 0 Å². The molecule has 2 atom stereocenters. The number of aliphatic carboxylic acids is 1. The lowest BCUT2D eigenvalue weighted by Gasteiger charge is -2.34. The summed E-state index contributed by atoms with van der Waals surface area (Å²) in [7, 11) is 0. The van der Waals surface area contributed by atoms with Crippen LogP contribution >= 0.6 is 11.8 Å². The number of thioether (sulfide) groups is 1. The number of carboxylic acid groups (broad SMARTS) is 1. The molecule has 0 aromatic carbocycles. The molecular weight excluding hydrogens is 244 g/mol. The van der Waals surface area contributed by atoms with Crippen molar-refractivity contribution in [2.24, 2.45) is 0 Å². The summed E-state index contributed by atoms with van der Waals surface area (Å²) in [6.45, 7) is 0.465. The van der Waals surface area contributed by atoms with E-state index in [0.29, 0.717) is 18.7 Å². The molecule has 0 radical (unpaired) electrons. The van der Waals surface area contributed by atoms with Crippen LogP contribution in [0.5, 0.6) is 0 Å². The Hall–Kier alpha value is -1.24. The first kappa shape index (κ1) is 12.2. The number of carbonyl (C=O) groups is 3. The van der Waals surface area contributed by atoms with Crippen molar-refractivity contribution in [3.63, 3.8) is 0 Å². The van der Waals surface area contributed by atoms with Gasteiger partial charge in [-0.25, -0.2) is 4.79 Å². The monoisotopic (exact) mass is 258 g/mol. The molecule has 2 rings (SSSR count). The fraction of sp³-hybridized carbons (Fsp3) is 0.700. The van der Waals surface area contributed by atoms with Crippen LogP contribution in [0.3, 0.4) is 0 Å². The highest BCUT2D eigenvalue weighted by atomic mass is 32.2. The van der Waals surface area contributed by atoms with E-state index in [1.165, 1.54) is 4.90 Å². The van der Waals surface area contributed by atoms with Gasteiger partial charge >= 0.3 is 5.97 Å². The van der Waals surface area contributed by atoms with E-state index >= 15 is 0 Å². The molecule has 0 spiro atoms. The SMILES string of the molecule is O=C1NC(C(=O)N2CCCCC2C(=O)O)CS1. The molecule has 0 aromatic heterocycles. The molecule has 0 bridgehead atoms. The lowest BCUT2D eigenvalue weighted by atomic mass is 10.0. The maximum absolute atomic E-state index is 12.1. The lowest BCUT2D eigenvalue weighted by molar-refractivity contribution is -0.152. The number of amides is 2. The van der Waals surface area contributed by atoms with Crippen molar-refractivity contribution in [3.8, 4) is 0 Å². The van der Waals surface area contributed by atoms with E-state index in [1.807, 2.05) is 0 Å². The normalized spacial score (nSPS) is 28.9. The van der Waals surface area contributed by atoms with Gasteiger partial charge in [-0.1, -0.05) is 11.8 Å². The minimum absolute atomic E-state index is 0.216. The summed E-state index contributed by atoms with van der Waals surface area (Å²) >= 11 is 1.06. The van der Waals surface area contributed by atoms with Crippen LogP contribution in [0.2, 0.25) is 0 Å². The summed E-state index contributed by atoms with van der Waals surface area (Å²) in [5.41, 5.74) is 0. The van der Waals surface area contributed by atoms with E-state index in [4.69, 9.17) is 5.11 Å². The second kappa shape index (κ2) is 4.95. The Kier molecular flexibility index (Phi) is 3.56. The molecule has 94 valence electrons. The molecule has 6 nitrogen and oxygen atoms in total. The van der Waals surface area contributed by atoms with Gasteiger partial charge in [0.2, 0.25) is 5.91 Å². The van der Waals surface area contributed by atoms with Gasteiger partial charge < -0.3 is 15.3 Å². The molecule has 7 heteroatoms. The quantitative estimate of drug-likeness (QED) is 0.742. The van der Waals surface area contributed by atoms with Crippen LogP contribution in [0.25, 0.3) is 0 Å². The average molecular weight is 258 g/mol. The minimum Gasteiger partial charge on any atom is -0.480 e. The zero-order valence-corrected chi connectivity index (χ0v) is 10.0. The maximum Gasteiger partial charge on any atom is 0.326 e. The summed E-state index contributed by atoms with van der Waals surface area (Å²) in [5, 5.41) is 11.4. The van der Waals surface area contributed by atoms with Gasteiger partial charge in [0.05, 0.1) is 0 Å². The highest BCUT2D eigenvalue weighted by Gasteiger charge is 2.38. The third-order valence-corrected chi connectivity index (χ3v) is 3.92. The van der Waals surface area contributed by atoms with Crippen LogP contribution < -0.4 is 5.32 Å². The zero-order chi connectivity index (χ0) is 12.4. The summed E-state index contributed by atoms with van der Waals surface area (Å²) in [5.74, 6) is -0.842. The number of likely N-dealkylation sites (tertiary alicyclic amines) is 1. The maximum atomic E-state index is 12.1. The Morgan fingerprint density at radius 2 is 2.18 bits per heavy atom. The summed E-state index contributed by atoms with van der Waals surface area (Å²) in [6, 6.07) is -1.30. The highest BCUT2D eigenvalue weighted by molar-refractivity contribution is 8.14. The van der Waals surface area contributed by atoms with E-state index in [9.17, 15) is 14.4 Å². The van der Waals surface area contributed by atoms with E-state index in [2.05, 4.69) is 5.32 Å². The Balaban J connectivity index is 2.06. The second-order valence-corrected chi connectivity index (χ2v) is 5.17. The molecule has 2 aliphatic heterocycles. The predicted molar refractivity (Wildman–Crippen MR) is 61.8 cm³/mol. The van der Waals surface area contributed by atoms with Crippen molar-refractivity contribution in [3.05, 3.63) is 0 Å². The van der Waals surface area contributed by atoms with Gasteiger partial charge in [0, 0.05) is 12.3 Å². The first-order chi connectivity index (χ1) is 8.09. The number of rotatable bonds is 2. The second-order valence-electron chi connectivity index (χ2n) is 4.18. The molecular formula is C10H14N2O4S. The van der Waals surface area contributed by atoms with E-state index in [1.54, 1.807) is 0 Å². The molecule has 17 heavy (non-hydrogen) atoms. The molecule has 2 aliphatic rings. The number of carboxylic acids is 1. The molecule has 2 amide bonds. The third kappa shape index (κ3) is 2.54. The van der Waals surface area contributed by atoms with Gasteiger partial charge in [-0.05, 0) is 19.3 Å².